The van der Waals surface area contributed by atoms with Gasteiger partial charge in [-0.25, -0.2) is 0 Å². The molecule has 0 unspecified atom stereocenters. The molecule has 0 spiro atoms. The summed E-state index contributed by atoms with van der Waals surface area (Å²) in [6.07, 6.45) is 8.99. The normalized spacial score (nSPS) is 23.6. The van der Waals surface area contributed by atoms with E-state index in [-0.39, 0.29) is 11.6 Å². The van der Waals surface area contributed by atoms with Crippen molar-refractivity contribution >= 4 is 5.97 Å². The van der Waals surface area contributed by atoms with E-state index in [4.69, 9.17) is 4.74 Å². The maximum Gasteiger partial charge on any atom is 0.306 e. The third-order valence-electron chi connectivity index (χ3n) is 3.03. The highest BCUT2D eigenvalue weighted by Gasteiger charge is 2.34. The van der Waals surface area contributed by atoms with Crippen molar-refractivity contribution in [3.63, 3.8) is 0 Å². The van der Waals surface area contributed by atoms with Crippen LogP contribution < -0.4 is 0 Å². The van der Waals surface area contributed by atoms with E-state index in [1.807, 2.05) is 13.8 Å². The number of hydrogen-bond donors (Lipinski definition) is 0. The van der Waals surface area contributed by atoms with E-state index in [0.29, 0.717) is 6.42 Å². The lowest BCUT2D eigenvalue weighted by atomic mass is 9.95. The molecule has 0 aromatic heterocycles. The zero-order valence-corrected chi connectivity index (χ0v) is 11.5. The smallest absolute Gasteiger partial charge is 0.306 e. The fraction of sp³-hybridized carbons (Fsp3) is 0.929. The van der Waals surface area contributed by atoms with Crippen LogP contribution >= 0.6 is 0 Å². The van der Waals surface area contributed by atoms with Crippen LogP contribution in [-0.4, -0.2) is 11.6 Å². The summed E-state index contributed by atoms with van der Waals surface area (Å²) in [6, 6.07) is 0. The maximum absolute atomic E-state index is 11.0. The summed E-state index contributed by atoms with van der Waals surface area (Å²) in [5, 5.41) is 0. The Hall–Kier alpha value is -0.530. The van der Waals surface area contributed by atoms with Gasteiger partial charge in [-0.2, -0.15) is 0 Å². The van der Waals surface area contributed by atoms with E-state index in [9.17, 15) is 4.79 Å². The van der Waals surface area contributed by atoms with Crippen LogP contribution in [0.5, 0.6) is 0 Å². The molecule has 1 aliphatic rings. The maximum atomic E-state index is 11.0. The van der Waals surface area contributed by atoms with Crippen LogP contribution in [0.1, 0.15) is 79.1 Å². The summed E-state index contributed by atoms with van der Waals surface area (Å²) < 4.78 is 5.32. The van der Waals surface area contributed by atoms with Gasteiger partial charge in [0.2, 0.25) is 0 Å². The Morgan fingerprint density at radius 3 is 2.31 bits per heavy atom. The fourth-order valence-corrected chi connectivity index (χ4v) is 2.02. The molecule has 1 fully saturated rings. The Kier molecular flexibility index (Phi) is 8.32. The first-order valence-corrected chi connectivity index (χ1v) is 6.88. The van der Waals surface area contributed by atoms with Crippen LogP contribution in [0.2, 0.25) is 0 Å². The Labute approximate surface area is 101 Å². The van der Waals surface area contributed by atoms with Gasteiger partial charge in [-0.15, -0.1) is 0 Å². The molecule has 0 amide bonds. The molecule has 1 rings (SSSR count). The minimum absolute atomic E-state index is 0.0129. The quantitative estimate of drug-likeness (QED) is 0.495. The van der Waals surface area contributed by atoms with Crippen molar-refractivity contribution in [2.75, 3.05) is 0 Å². The van der Waals surface area contributed by atoms with E-state index >= 15 is 0 Å². The van der Waals surface area contributed by atoms with Crippen LogP contribution in [0.15, 0.2) is 0 Å². The van der Waals surface area contributed by atoms with Crippen LogP contribution in [-0.2, 0) is 9.53 Å². The molecular weight excluding hydrogens is 200 g/mol. The fourth-order valence-electron chi connectivity index (χ4n) is 2.02. The van der Waals surface area contributed by atoms with Gasteiger partial charge < -0.3 is 4.74 Å². The monoisotopic (exact) mass is 228 g/mol. The average molecular weight is 228 g/mol. The van der Waals surface area contributed by atoms with Gasteiger partial charge in [0.15, 0.2) is 0 Å². The minimum Gasteiger partial charge on any atom is -0.459 e. The first kappa shape index (κ1) is 15.5. The number of hydrogen-bond acceptors (Lipinski definition) is 2. The average Bonchev–Trinajstić information content (AvgIpc) is 2.62. The van der Waals surface area contributed by atoms with E-state index in [2.05, 4.69) is 13.8 Å². The van der Waals surface area contributed by atoms with Crippen molar-refractivity contribution in [3.8, 4) is 0 Å². The van der Waals surface area contributed by atoms with Gasteiger partial charge in [-0.1, -0.05) is 46.5 Å². The Morgan fingerprint density at radius 1 is 1.19 bits per heavy atom. The first-order chi connectivity index (χ1) is 7.66. The van der Waals surface area contributed by atoms with Crippen LogP contribution in [0.3, 0.4) is 0 Å². The number of cyclic esters (lactones) is 1. The van der Waals surface area contributed by atoms with Crippen LogP contribution in [0.25, 0.3) is 0 Å². The van der Waals surface area contributed by atoms with E-state index in [1.54, 1.807) is 0 Å². The van der Waals surface area contributed by atoms with E-state index in [1.165, 1.54) is 32.1 Å². The van der Waals surface area contributed by atoms with Crippen molar-refractivity contribution < 1.29 is 9.53 Å². The lowest BCUT2D eigenvalue weighted by Crippen LogP contribution is -2.23. The number of carbonyl (C=O) groups is 1. The van der Waals surface area contributed by atoms with Crippen molar-refractivity contribution in [1.82, 2.24) is 0 Å². The molecule has 0 saturated carbocycles. The van der Waals surface area contributed by atoms with Gasteiger partial charge >= 0.3 is 5.97 Å². The van der Waals surface area contributed by atoms with E-state index in [0.717, 1.165) is 12.8 Å². The molecule has 16 heavy (non-hydrogen) atoms. The van der Waals surface area contributed by atoms with E-state index < -0.39 is 0 Å². The summed E-state index contributed by atoms with van der Waals surface area (Å²) in [7, 11) is 0. The molecule has 0 radical (unpaired) electrons. The van der Waals surface area contributed by atoms with Gasteiger partial charge in [0.25, 0.3) is 0 Å². The molecule has 0 bridgehead atoms. The summed E-state index contributed by atoms with van der Waals surface area (Å²) >= 11 is 0. The number of ether oxygens (including phenoxy) is 1. The molecule has 2 heteroatoms. The predicted molar refractivity (Wildman–Crippen MR) is 68.5 cm³/mol. The Morgan fingerprint density at radius 2 is 1.81 bits per heavy atom. The molecule has 2 nitrogen and oxygen atoms in total. The Bertz CT molecular complexity index is 189. The SMILES string of the molecule is CC.CCCCCCC[C@]1(C)CCC(=O)O1. The van der Waals surface area contributed by atoms with Crippen LogP contribution in [0, 0.1) is 0 Å². The highest BCUT2D eigenvalue weighted by atomic mass is 16.6. The summed E-state index contributed by atoms with van der Waals surface area (Å²) in [6.45, 7) is 8.29. The first-order valence-electron chi connectivity index (χ1n) is 6.88. The largest absolute Gasteiger partial charge is 0.459 e. The molecule has 0 aromatic carbocycles. The number of rotatable bonds is 6. The minimum atomic E-state index is -0.136. The molecule has 0 N–H and O–H groups in total. The molecule has 96 valence electrons. The summed E-state index contributed by atoms with van der Waals surface area (Å²) in [4.78, 5) is 11.0. The zero-order valence-electron chi connectivity index (χ0n) is 11.5. The predicted octanol–water partition coefficient (Wildman–Crippen LogP) is 4.47. The topological polar surface area (TPSA) is 26.3 Å². The van der Waals surface area contributed by atoms with Gasteiger partial charge in [-0.05, 0) is 26.2 Å². The van der Waals surface area contributed by atoms with Crippen molar-refractivity contribution in [2.45, 2.75) is 84.7 Å². The molecule has 1 saturated heterocycles. The second-order valence-corrected chi connectivity index (χ2v) is 4.59. The third-order valence-corrected chi connectivity index (χ3v) is 3.03. The lowest BCUT2D eigenvalue weighted by Gasteiger charge is -2.22. The molecule has 0 aliphatic carbocycles. The highest BCUT2D eigenvalue weighted by Crippen LogP contribution is 2.31. The third kappa shape index (κ3) is 6.14. The zero-order chi connectivity index (χ0) is 12.4. The molecule has 1 aliphatic heterocycles. The number of esters is 1. The molecule has 0 aromatic rings. The molecule has 1 heterocycles. The Balaban J connectivity index is 0.00000106. The van der Waals surface area contributed by atoms with Gasteiger partial charge in [0, 0.05) is 6.42 Å². The van der Waals surface area contributed by atoms with Crippen molar-refractivity contribution in [3.05, 3.63) is 0 Å². The van der Waals surface area contributed by atoms with Crippen molar-refractivity contribution in [1.29, 1.82) is 0 Å². The summed E-state index contributed by atoms with van der Waals surface area (Å²) in [5.41, 5.74) is -0.136. The molecular formula is C14H28O2. The second kappa shape index (κ2) is 8.60. The summed E-state index contributed by atoms with van der Waals surface area (Å²) in [5.74, 6) is -0.0129. The van der Waals surface area contributed by atoms with Gasteiger partial charge in [0.1, 0.15) is 5.60 Å². The van der Waals surface area contributed by atoms with Gasteiger partial charge in [-0.3, -0.25) is 4.79 Å². The second-order valence-electron chi connectivity index (χ2n) is 4.59. The standard InChI is InChI=1S/C12H22O2.C2H6/c1-3-4-5-6-7-9-12(2)10-8-11(13)14-12;1-2/h3-10H2,1-2H3;1-2H3/t12-;/m1./s1. The van der Waals surface area contributed by atoms with Gasteiger partial charge in [0.05, 0.1) is 0 Å². The van der Waals surface area contributed by atoms with Crippen LogP contribution in [0.4, 0.5) is 0 Å². The number of unbranched alkanes of at least 4 members (excludes halogenated alkanes) is 4. The molecule has 1 atom stereocenters. The highest BCUT2D eigenvalue weighted by molar-refractivity contribution is 5.72. The number of carbonyl (C=O) groups excluding carboxylic acids is 1. The lowest BCUT2D eigenvalue weighted by molar-refractivity contribution is -0.147. The van der Waals surface area contributed by atoms with Crippen molar-refractivity contribution in [2.24, 2.45) is 0 Å².